The zero-order valence-corrected chi connectivity index (χ0v) is 9.54. The monoisotopic (exact) mass is 243 g/mol. The predicted molar refractivity (Wildman–Crippen MR) is 56.8 cm³/mol. The van der Waals surface area contributed by atoms with Gasteiger partial charge in [0.25, 0.3) is 5.95 Å². The van der Waals surface area contributed by atoms with Gasteiger partial charge in [-0.3, -0.25) is 0 Å². The molecule has 0 amide bonds. The van der Waals surface area contributed by atoms with Gasteiger partial charge in [0.1, 0.15) is 0 Å². The summed E-state index contributed by atoms with van der Waals surface area (Å²) >= 11 is 0. The second-order valence-corrected chi connectivity index (χ2v) is 3.76. The number of hydrogen-bond donors (Lipinski definition) is 0. The number of rotatable bonds is 4. The van der Waals surface area contributed by atoms with Crippen molar-refractivity contribution in [1.29, 1.82) is 5.26 Å². The SMILES string of the molecule is CC(C)N(CCC#N)c1nc(F)c(F)cc1F. The van der Waals surface area contributed by atoms with Crippen LogP contribution < -0.4 is 4.90 Å². The molecule has 92 valence electrons. The molecule has 17 heavy (non-hydrogen) atoms. The van der Waals surface area contributed by atoms with Crippen LogP contribution in [0.2, 0.25) is 0 Å². The van der Waals surface area contributed by atoms with Crippen LogP contribution >= 0.6 is 0 Å². The van der Waals surface area contributed by atoms with Crippen molar-refractivity contribution >= 4 is 5.82 Å². The molecule has 0 N–H and O–H groups in total. The lowest BCUT2D eigenvalue weighted by atomic mass is 10.2. The van der Waals surface area contributed by atoms with Crippen molar-refractivity contribution in [2.45, 2.75) is 26.3 Å². The van der Waals surface area contributed by atoms with Gasteiger partial charge in [0.15, 0.2) is 17.5 Å². The Bertz CT molecular complexity index is 440. The van der Waals surface area contributed by atoms with E-state index in [1.54, 1.807) is 13.8 Å². The summed E-state index contributed by atoms with van der Waals surface area (Å²) in [6.07, 6.45) is 0.151. The Morgan fingerprint density at radius 1 is 1.35 bits per heavy atom. The second-order valence-electron chi connectivity index (χ2n) is 3.76. The normalized spacial score (nSPS) is 10.4. The Kier molecular flexibility index (Phi) is 4.32. The van der Waals surface area contributed by atoms with Crippen molar-refractivity contribution in [3.8, 4) is 6.07 Å². The van der Waals surface area contributed by atoms with Crippen LogP contribution in [0.15, 0.2) is 6.07 Å². The van der Waals surface area contributed by atoms with Crippen LogP contribution in [-0.4, -0.2) is 17.6 Å². The molecule has 0 aliphatic rings. The average Bonchev–Trinajstić information content (AvgIpc) is 2.25. The Morgan fingerprint density at radius 2 is 2.00 bits per heavy atom. The minimum absolute atomic E-state index is 0.151. The second kappa shape index (κ2) is 5.53. The predicted octanol–water partition coefficient (Wildman–Crippen LogP) is 2.63. The largest absolute Gasteiger partial charge is 0.351 e. The lowest BCUT2D eigenvalue weighted by Gasteiger charge is -2.27. The summed E-state index contributed by atoms with van der Waals surface area (Å²) in [5.74, 6) is -3.87. The van der Waals surface area contributed by atoms with E-state index in [0.717, 1.165) is 0 Å². The Morgan fingerprint density at radius 3 is 2.53 bits per heavy atom. The molecule has 0 aliphatic heterocycles. The third kappa shape index (κ3) is 3.09. The maximum absolute atomic E-state index is 13.5. The lowest BCUT2D eigenvalue weighted by Crippen LogP contribution is -2.33. The van der Waals surface area contributed by atoms with E-state index in [0.29, 0.717) is 6.07 Å². The molecular weight excluding hydrogens is 231 g/mol. The molecule has 3 nitrogen and oxygen atoms in total. The number of hydrogen-bond acceptors (Lipinski definition) is 3. The van der Waals surface area contributed by atoms with Gasteiger partial charge in [-0.15, -0.1) is 0 Å². The molecule has 1 aromatic heterocycles. The average molecular weight is 243 g/mol. The molecule has 0 saturated carbocycles. The summed E-state index contributed by atoms with van der Waals surface area (Å²) < 4.78 is 39.2. The molecule has 1 rings (SSSR count). The first-order chi connectivity index (χ1) is 7.97. The van der Waals surface area contributed by atoms with E-state index in [2.05, 4.69) is 4.98 Å². The zero-order chi connectivity index (χ0) is 13.0. The van der Waals surface area contributed by atoms with E-state index >= 15 is 0 Å². The van der Waals surface area contributed by atoms with Gasteiger partial charge in [-0.2, -0.15) is 14.6 Å². The highest BCUT2D eigenvalue weighted by atomic mass is 19.2. The number of pyridine rings is 1. The van der Waals surface area contributed by atoms with Crippen LogP contribution in [0.25, 0.3) is 0 Å². The van der Waals surface area contributed by atoms with Crippen LogP contribution in [0.4, 0.5) is 19.0 Å². The summed E-state index contributed by atoms with van der Waals surface area (Å²) in [4.78, 5) is 4.66. The standard InChI is InChI=1S/C11H12F3N3/c1-7(2)17(5-3-4-15)11-9(13)6-8(12)10(14)16-11/h6-7H,3,5H2,1-2H3. The van der Waals surface area contributed by atoms with Gasteiger partial charge < -0.3 is 4.90 Å². The molecule has 0 radical (unpaired) electrons. The van der Waals surface area contributed by atoms with Crippen molar-refractivity contribution < 1.29 is 13.2 Å². The fourth-order valence-electron chi connectivity index (χ4n) is 1.42. The van der Waals surface area contributed by atoms with E-state index in [1.165, 1.54) is 4.90 Å². The number of halogens is 3. The lowest BCUT2D eigenvalue weighted by molar-refractivity contribution is 0.460. The molecule has 1 heterocycles. The molecule has 0 unspecified atom stereocenters. The molecule has 0 bridgehead atoms. The molecule has 0 saturated heterocycles. The first-order valence-electron chi connectivity index (χ1n) is 5.12. The zero-order valence-electron chi connectivity index (χ0n) is 9.54. The maximum atomic E-state index is 13.5. The fourth-order valence-corrected chi connectivity index (χ4v) is 1.42. The summed E-state index contributed by atoms with van der Waals surface area (Å²) in [6.45, 7) is 3.71. The van der Waals surface area contributed by atoms with Crippen LogP contribution in [0.3, 0.4) is 0 Å². The van der Waals surface area contributed by atoms with Gasteiger partial charge in [0.2, 0.25) is 0 Å². The van der Waals surface area contributed by atoms with Gasteiger partial charge in [0, 0.05) is 18.7 Å². The Balaban J connectivity index is 3.10. The van der Waals surface area contributed by atoms with Gasteiger partial charge in [0.05, 0.1) is 12.5 Å². The number of nitrogens with zero attached hydrogens (tertiary/aromatic N) is 3. The highest BCUT2D eigenvalue weighted by Gasteiger charge is 2.19. The smallest absolute Gasteiger partial charge is 0.251 e. The summed E-state index contributed by atoms with van der Waals surface area (Å²) in [6, 6.07) is 2.20. The van der Waals surface area contributed by atoms with Crippen molar-refractivity contribution in [3.63, 3.8) is 0 Å². The minimum Gasteiger partial charge on any atom is -0.351 e. The van der Waals surface area contributed by atoms with Crippen molar-refractivity contribution in [2.75, 3.05) is 11.4 Å². The van der Waals surface area contributed by atoms with Gasteiger partial charge >= 0.3 is 0 Å². The van der Waals surface area contributed by atoms with Gasteiger partial charge in [-0.25, -0.2) is 8.78 Å². The van der Waals surface area contributed by atoms with E-state index in [4.69, 9.17) is 5.26 Å². The Labute approximate surface area is 97.5 Å². The van der Waals surface area contributed by atoms with Crippen molar-refractivity contribution in [1.82, 2.24) is 4.98 Å². The van der Waals surface area contributed by atoms with Crippen LogP contribution in [-0.2, 0) is 0 Å². The van der Waals surface area contributed by atoms with Crippen molar-refractivity contribution in [3.05, 3.63) is 23.6 Å². The van der Waals surface area contributed by atoms with Crippen LogP contribution in [0.1, 0.15) is 20.3 Å². The van der Waals surface area contributed by atoms with Crippen LogP contribution in [0.5, 0.6) is 0 Å². The maximum Gasteiger partial charge on any atom is 0.251 e. The van der Waals surface area contributed by atoms with E-state index in [1.807, 2.05) is 6.07 Å². The van der Waals surface area contributed by atoms with Crippen molar-refractivity contribution in [2.24, 2.45) is 0 Å². The molecule has 0 atom stereocenters. The van der Waals surface area contributed by atoms with Gasteiger partial charge in [-0.1, -0.05) is 0 Å². The number of aromatic nitrogens is 1. The molecule has 0 spiro atoms. The quantitative estimate of drug-likeness (QED) is 0.763. The van der Waals surface area contributed by atoms with E-state index < -0.39 is 17.6 Å². The minimum atomic E-state index is -1.34. The fraction of sp³-hybridized carbons (Fsp3) is 0.455. The highest BCUT2D eigenvalue weighted by molar-refractivity contribution is 5.41. The third-order valence-electron chi connectivity index (χ3n) is 2.23. The highest BCUT2D eigenvalue weighted by Crippen LogP contribution is 2.21. The summed E-state index contributed by atoms with van der Waals surface area (Å²) in [5.41, 5.74) is 0. The molecular formula is C11H12F3N3. The molecule has 1 aromatic rings. The van der Waals surface area contributed by atoms with E-state index in [9.17, 15) is 13.2 Å². The molecule has 0 aliphatic carbocycles. The third-order valence-corrected chi connectivity index (χ3v) is 2.23. The summed E-state index contributed by atoms with van der Waals surface area (Å²) in [5, 5.41) is 8.49. The topological polar surface area (TPSA) is 39.9 Å². The number of nitriles is 1. The van der Waals surface area contributed by atoms with Crippen LogP contribution in [0, 0.1) is 28.9 Å². The Hall–Kier alpha value is -1.77. The first kappa shape index (κ1) is 13.3. The molecule has 0 fully saturated rings. The van der Waals surface area contributed by atoms with Gasteiger partial charge in [-0.05, 0) is 13.8 Å². The first-order valence-corrected chi connectivity index (χ1v) is 5.12. The molecule has 6 heteroatoms. The summed E-state index contributed by atoms with van der Waals surface area (Å²) in [7, 11) is 0. The van der Waals surface area contributed by atoms with E-state index in [-0.39, 0.29) is 24.8 Å². The molecule has 0 aromatic carbocycles. The number of anilines is 1.